The van der Waals surface area contributed by atoms with Crippen LogP contribution in [0.15, 0.2) is 0 Å². The third kappa shape index (κ3) is 3.15. The minimum atomic E-state index is -0.0866. The molecule has 20 heavy (non-hydrogen) atoms. The molecule has 0 aromatic carbocycles. The van der Waals surface area contributed by atoms with Crippen LogP contribution in [0.25, 0.3) is 0 Å². The monoisotopic (exact) mass is 299 g/mol. The van der Waals surface area contributed by atoms with Gasteiger partial charge in [-0.15, -0.1) is 0 Å². The van der Waals surface area contributed by atoms with E-state index < -0.39 is 0 Å². The van der Waals surface area contributed by atoms with E-state index in [0.29, 0.717) is 0 Å². The lowest BCUT2D eigenvalue weighted by Gasteiger charge is -2.30. The SMILES string of the molecule is CCc1nn(C)c(CN2CCC(C(=O)OC)CC2)c1Cl. The van der Waals surface area contributed by atoms with Gasteiger partial charge in [0.25, 0.3) is 0 Å². The summed E-state index contributed by atoms with van der Waals surface area (Å²) >= 11 is 6.37. The minimum absolute atomic E-state index is 0.0458. The maximum atomic E-state index is 11.5. The molecule has 1 aromatic heterocycles. The van der Waals surface area contributed by atoms with Gasteiger partial charge in [-0.25, -0.2) is 0 Å². The molecule has 1 aliphatic heterocycles. The molecule has 5 nitrogen and oxygen atoms in total. The Bertz CT molecular complexity index is 479. The molecule has 0 spiro atoms. The van der Waals surface area contributed by atoms with Crippen molar-refractivity contribution >= 4 is 17.6 Å². The van der Waals surface area contributed by atoms with Crippen LogP contribution in [-0.4, -0.2) is 40.8 Å². The van der Waals surface area contributed by atoms with E-state index in [-0.39, 0.29) is 11.9 Å². The smallest absolute Gasteiger partial charge is 0.308 e. The fraction of sp³-hybridized carbons (Fsp3) is 0.714. The average molecular weight is 300 g/mol. The lowest BCUT2D eigenvalue weighted by molar-refractivity contribution is -0.147. The highest BCUT2D eigenvalue weighted by Crippen LogP contribution is 2.25. The first kappa shape index (κ1) is 15.3. The van der Waals surface area contributed by atoms with Crippen LogP contribution < -0.4 is 0 Å². The van der Waals surface area contributed by atoms with Gasteiger partial charge in [0, 0.05) is 13.6 Å². The van der Waals surface area contributed by atoms with E-state index >= 15 is 0 Å². The Morgan fingerprint density at radius 1 is 1.45 bits per heavy atom. The normalized spacial score (nSPS) is 17.4. The van der Waals surface area contributed by atoms with Crippen molar-refractivity contribution in [1.29, 1.82) is 0 Å². The van der Waals surface area contributed by atoms with Crippen molar-refractivity contribution in [2.75, 3.05) is 20.2 Å². The number of piperidine rings is 1. The fourth-order valence-electron chi connectivity index (χ4n) is 2.70. The minimum Gasteiger partial charge on any atom is -0.469 e. The van der Waals surface area contributed by atoms with Gasteiger partial charge in [-0.2, -0.15) is 5.10 Å². The third-order valence-corrected chi connectivity index (χ3v) is 4.43. The number of hydrogen-bond acceptors (Lipinski definition) is 4. The van der Waals surface area contributed by atoms with Gasteiger partial charge >= 0.3 is 5.97 Å². The first-order valence-corrected chi connectivity index (χ1v) is 7.45. The number of carbonyl (C=O) groups is 1. The van der Waals surface area contributed by atoms with Crippen molar-refractivity contribution in [2.24, 2.45) is 13.0 Å². The van der Waals surface area contributed by atoms with Crippen LogP contribution in [0.4, 0.5) is 0 Å². The molecule has 0 bridgehead atoms. The molecular weight excluding hydrogens is 278 g/mol. The van der Waals surface area contributed by atoms with Gasteiger partial charge in [0.05, 0.1) is 29.4 Å². The largest absolute Gasteiger partial charge is 0.469 e. The number of hydrogen-bond donors (Lipinski definition) is 0. The highest BCUT2D eigenvalue weighted by Gasteiger charge is 2.26. The summed E-state index contributed by atoms with van der Waals surface area (Å²) < 4.78 is 6.68. The Kier molecular flexibility index (Phi) is 5.05. The lowest BCUT2D eigenvalue weighted by atomic mass is 9.97. The molecule has 0 atom stereocenters. The maximum absolute atomic E-state index is 11.5. The predicted molar refractivity (Wildman–Crippen MR) is 77.6 cm³/mol. The van der Waals surface area contributed by atoms with Gasteiger partial charge in [0.2, 0.25) is 0 Å². The Labute approximate surface area is 124 Å². The molecule has 0 N–H and O–H groups in total. The van der Waals surface area contributed by atoms with Gasteiger partial charge in [-0.05, 0) is 32.4 Å². The molecule has 0 aliphatic carbocycles. The van der Waals surface area contributed by atoms with Crippen LogP contribution in [0.2, 0.25) is 5.02 Å². The second-order valence-electron chi connectivity index (χ2n) is 5.26. The highest BCUT2D eigenvalue weighted by atomic mass is 35.5. The number of halogens is 1. The van der Waals surface area contributed by atoms with Gasteiger partial charge in [-0.3, -0.25) is 14.4 Å². The maximum Gasteiger partial charge on any atom is 0.308 e. The Morgan fingerprint density at radius 3 is 2.60 bits per heavy atom. The van der Waals surface area contributed by atoms with Gasteiger partial charge in [-0.1, -0.05) is 18.5 Å². The van der Waals surface area contributed by atoms with Crippen molar-refractivity contribution in [3.05, 3.63) is 16.4 Å². The number of aromatic nitrogens is 2. The van der Waals surface area contributed by atoms with E-state index in [2.05, 4.69) is 16.9 Å². The number of methoxy groups -OCH3 is 1. The summed E-state index contributed by atoms with van der Waals surface area (Å²) in [4.78, 5) is 13.8. The van der Waals surface area contributed by atoms with E-state index in [1.54, 1.807) is 0 Å². The van der Waals surface area contributed by atoms with Crippen LogP contribution >= 0.6 is 11.6 Å². The summed E-state index contributed by atoms with van der Waals surface area (Å²) in [5.74, 6) is -0.0408. The zero-order valence-corrected chi connectivity index (χ0v) is 13.1. The molecule has 0 radical (unpaired) electrons. The number of aryl methyl sites for hydroxylation is 2. The molecule has 2 heterocycles. The third-order valence-electron chi connectivity index (χ3n) is 4.00. The highest BCUT2D eigenvalue weighted by molar-refractivity contribution is 6.31. The van der Waals surface area contributed by atoms with E-state index in [0.717, 1.165) is 55.3 Å². The predicted octanol–water partition coefficient (Wildman–Crippen LogP) is 2.02. The van der Waals surface area contributed by atoms with E-state index in [4.69, 9.17) is 16.3 Å². The number of rotatable bonds is 4. The number of likely N-dealkylation sites (tertiary alicyclic amines) is 1. The number of ether oxygens (including phenoxy) is 1. The first-order valence-electron chi connectivity index (χ1n) is 7.07. The number of nitrogens with zero attached hydrogens (tertiary/aromatic N) is 3. The standard InChI is InChI=1S/C14H22ClN3O2/c1-4-11-13(15)12(17(2)16-11)9-18-7-5-10(6-8-18)14(19)20-3/h10H,4-9H2,1-3H3. The molecular formula is C14H22ClN3O2. The molecule has 1 aromatic rings. The lowest BCUT2D eigenvalue weighted by Crippen LogP contribution is -2.36. The Morgan fingerprint density at radius 2 is 2.10 bits per heavy atom. The van der Waals surface area contributed by atoms with Crippen LogP contribution in [0.1, 0.15) is 31.2 Å². The van der Waals surface area contributed by atoms with Gasteiger partial charge < -0.3 is 4.74 Å². The quantitative estimate of drug-likeness (QED) is 0.798. The summed E-state index contributed by atoms with van der Waals surface area (Å²) in [5.41, 5.74) is 2.01. The zero-order chi connectivity index (χ0) is 14.7. The molecule has 1 aliphatic rings. The number of carbonyl (C=O) groups excluding carboxylic acids is 1. The summed E-state index contributed by atoms with van der Waals surface area (Å²) in [5, 5.41) is 5.22. The zero-order valence-electron chi connectivity index (χ0n) is 12.4. The van der Waals surface area contributed by atoms with Crippen molar-refractivity contribution in [3.8, 4) is 0 Å². The Hall–Kier alpha value is -1.07. The van der Waals surface area contributed by atoms with E-state index in [9.17, 15) is 4.79 Å². The topological polar surface area (TPSA) is 47.4 Å². The molecule has 1 fully saturated rings. The Balaban J connectivity index is 1.96. The molecule has 6 heteroatoms. The summed E-state index contributed by atoms with van der Waals surface area (Å²) in [6.07, 6.45) is 2.54. The van der Waals surface area contributed by atoms with E-state index in [1.807, 2.05) is 11.7 Å². The van der Waals surface area contributed by atoms with Crippen LogP contribution in [0.5, 0.6) is 0 Å². The van der Waals surface area contributed by atoms with Crippen LogP contribution in [0.3, 0.4) is 0 Å². The molecule has 112 valence electrons. The molecule has 0 amide bonds. The molecule has 1 saturated heterocycles. The summed E-state index contributed by atoms with van der Waals surface area (Å²) in [6.45, 7) is 4.63. The van der Waals surface area contributed by atoms with Crippen molar-refractivity contribution in [3.63, 3.8) is 0 Å². The summed E-state index contributed by atoms with van der Waals surface area (Å²) in [6, 6.07) is 0. The molecule has 0 saturated carbocycles. The summed E-state index contributed by atoms with van der Waals surface area (Å²) in [7, 11) is 3.39. The molecule has 0 unspecified atom stereocenters. The van der Waals surface area contributed by atoms with Gasteiger partial charge in [0.15, 0.2) is 0 Å². The van der Waals surface area contributed by atoms with Crippen molar-refractivity contribution in [2.45, 2.75) is 32.7 Å². The molecule has 2 rings (SSSR count). The van der Waals surface area contributed by atoms with Crippen molar-refractivity contribution in [1.82, 2.24) is 14.7 Å². The first-order chi connectivity index (χ1) is 9.56. The van der Waals surface area contributed by atoms with Crippen molar-refractivity contribution < 1.29 is 9.53 Å². The fourth-order valence-corrected chi connectivity index (χ4v) is 3.05. The van der Waals surface area contributed by atoms with Crippen LogP contribution in [0, 0.1) is 5.92 Å². The second-order valence-corrected chi connectivity index (χ2v) is 5.64. The average Bonchev–Trinajstić information content (AvgIpc) is 2.74. The number of esters is 1. The van der Waals surface area contributed by atoms with E-state index in [1.165, 1.54) is 7.11 Å². The van der Waals surface area contributed by atoms with Crippen LogP contribution in [-0.2, 0) is 29.5 Å². The second kappa shape index (κ2) is 6.59. The van der Waals surface area contributed by atoms with Gasteiger partial charge in [0.1, 0.15) is 0 Å².